The van der Waals surface area contributed by atoms with E-state index in [2.05, 4.69) is 35.1 Å². The predicted molar refractivity (Wildman–Crippen MR) is 145 cm³/mol. The molecular weight excluding hydrogens is 484 g/mol. The van der Waals surface area contributed by atoms with E-state index in [1.807, 2.05) is 28.4 Å². The molecule has 2 aliphatic rings. The second kappa shape index (κ2) is 9.88. The van der Waals surface area contributed by atoms with E-state index in [4.69, 9.17) is 24.5 Å². The smallest absolute Gasteiger partial charge is 0.232 e. The van der Waals surface area contributed by atoms with E-state index >= 15 is 0 Å². The van der Waals surface area contributed by atoms with Crippen LogP contribution >= 0.6 is 0 Å². The Bertz CT molecular complexity index is 1470. The first-order valence-electron chi connectivity index (χ1n) is 13.2. The fraction of sp³-hybridized carbons (Fsp3) is 0.481. The Hall–Kier alpha value is -3.70. The Balaban J connectivity index is 1.40. The molecule has 4 aromatic rings. The second-order valence-electron chi connectivity index (χ2n) is 10.2. The molecule has 5 heterocycles. The van der Waals surface area contributed by atoms with Gasteiger partial charge in [-0.05, 0) is 57.2 Å². The molecule has 0 bridgehead atoms. The van der Waals surface area contributed by atoms with Crippen LogP contribution in [0.2, 0.25) is 0 Å². The van der Waals surface area contributed by atoms with Crippen molar-refractivity contribution < 1.29 is 14.6 Å². The number of fused-ring (bicyclic) bond motifs is 1. The number of benzene rings is 1. The monoisotopic (exact) mass is 518 g/mol. The van der Waals surface area contributed by atoms with Gasteiger partial charge in [-0.15, -0.1) is 0 Å². The predicted octanol–water partition coefficient (Wildman–Crippen LogP) is 3.61. The van der Waals surface area contributed by atoms with Crippen LogP contribution in [0.25, 0.3) is 16.7 Å². The van der Waals surface area contributed by atoms with Gasteiger partial charge in [0.25, 0.3) is 0 Å². The number of ether oxygens (including phenoxy) is 2. The summed E-state index contributed by atoms with van der Waals surface area (Å²) in [6, 6.07) is 4.27. The van der Waals surface area contributed by atoms with Gasteiger partial charge in [0, 0.05) is 19.2 Å². The van der Waals surface area contributed by atoms with E-state index in [0.29, 0.717) is 25.0 Å². The molecule has 2 N–H and O–H groups in total. The Kier molecular flexibility index (Phi) is 6.40. The molecule has 1 aromatic carbocycles. The summed E-state index contributed by atoms with van der Waals surface area (Å²) in [5.41, 5.74) is 4.87. The van der Waals surface area contributed by atoms with Crippen molar-refractivity contribution in [2.75, 3.05) is 43.7 Å². The highest BCUT2D eigenvalue weighted by Crippen LogP contribution is 2.35. The van der Waals surface area contributed by atoms with E-state index in [9.17, 15) is 5.11 Å². The maximum atomic E-state index is 10.0. The van der Waals surface area contributed by atoms with Crippen molar-refractivity contribution in [2.24, 2.45) is 0 Å². The molecule has 6 rings (SSSR count). The third kappa shape index (κ3) is 4.25. The van der Waals surface area contributed by atoms with Gasteiger partial charge in [-0.3, -0.25) is 0 Å². The van der Waals surface area contributed by atoms with E-state index in [1.165, 1.54) is 0 Å². The number of aryl methyl sites for hydroxylation is 2. The third-order valence-corrected chi connectivity index (χ3v) is 7.76. The molecule has 2 fully saturated rings. The van der Waals surface area contributed by atoms with Crippen LogP contribution < -0.4 is 15.0 Å². The summed E-state index contributed by atoms with van der Waals surface area (Å²) in [4.78, 5) is 16.6. The Labute approximate surface area is 221 Å². The molecule has 11 heteroatoms. The van der Waals surface area contributed by atoms with E-state index in [1.54, 1.807) is 13.4 Å². The molecule has 11 nitrogen and oxygen atoms in total. The SMILES string of the molecule is COc1cc(-n2cnc(Nc3nc(N4CCC[C@H]4CO)c4c(C)nn(C5CCOC5)c4n3)c2)cc(C)c1C. The lowest BCUT2D eigenvalue weighted by atomic mass is 10.1. The summed E-state index contributed by atoms with van der Waals surface area (Å²) in [5, 5.41) is 19.2. The highest BCUT2D eigenvalue weighted by molar-refractivity contribution is 5.91. The lowest BCUT2D eigenvalue weighted by Gasteiger charge is -2.25. The minimum absolute atomic E-state index is 0.0254. The second-order valence-corrected chi connectivity index (χ2v) is 10.2. The van der Waals surface area contributed by atoms with Crippen molar-refractivity contribution in [2.45, 2.75) is 52.1 Å². The zero-order chi connectivity index (χ0) is 26.4. The van der Waals surface area contributed by atoms with Crippen LogP contribution in [-0.4, -0.2) is 73.9 Å². The summed E-state index contributed by atoms with van der Waals surface area (Å²) in [5.74, 6) is 2.71. The topological polar surface area (TPSA) is 115 Å². The zero-order valence-electron chi connectivity index (χ0n) is 22.3. The van der Waals surface area contributed by atoms with Gasteiger partial charge in [-0.25, -0.2) is 9.67 Å². The Morgan fingerprint density at radius 3 is 2.82 bits per heavy atom. The largest absolute Gasteiger partial charge is 0.496 e. The van der Waals surface area contributed by atoms with Crippen molar-refractivity contribution in [1.82, 2.24) is 29.3 Å². The molecule has 3 aromatic heterocycles. The van der Waals surface area contributed by atoms with Gasteiger partial charge in [-0.2, -0.15) is 15.1 Å². The van der Waals surface area contributed by atoms with E-state index in [-0.39, 0.29) is 18.7 Å². The summed E-state index contributed by atoms with van der Waals surface area (Å²) in [7, 11) is 1.68. The summed E-state index contributed by atoms with van der Waals surface area (Å²) >= 11 is 0. The molecule has 2 aliphatic heterocycles. The summed E-state index contributed by atoms with van der Waals surface area (Å²) in [6.45, 7) is 8.37. The standard InChI is InChI=1S/C27H34N8O3/c1-16-10-21(11-22(37-4)17(16)2)33-12-23(28-15-33)29-27-30-25(34-8-5-6-19(34)13-36)24-18(3)32-35(26(24)31-27)20-7-9-38-14-20/h10-12,15,19-20,36H,5-9,13-14H2,1-4H3,(H,29,30,31)/t19-,20?/m0/s1. The summed E-state index contributed by atoms with van der Waals surface area (Å²) in [6.07, 6.45) is 6.50. The fourth-order valence-corrected chi connectivity index (χ4v) is 5.54. The molecule has 2 saturated heterocycles. The van der Waals surface area contributed by atoms with Crippen LogP contribution in [0, 0.1) is 20.8 Å². The molecule has 1 unspecified atom stereocenters. The number of imidazole rings is 1. The molecule has 0 aliphatic carbocycles. The number of anilines is 3. The van der Waals surface area contributed by atoms with Gasteiger partial charge in [0.1, 0.15) is 17.9 Å². The van der Waals surface area contributed by atoms with Crippen LogP contribution in [0.3, 0.4) is 0 Å². The minimum atomic E-state index is 0.0254. The highest BCUT2D eigenvalue weighted by Gasteiger charge is 2.31. The number of rotatable bonds is 7. The van der Waals surface area contributed by atoms with Gasteiger partial charge >= 0.3 is 0 Å². The average Bonchev–Trinajstić information content (AvgIpc) is 3.72. The van der Waals surface area contributed by atoms with Crippen molar-refractivity contribution in [3.8, 4) is 11.4 Å². The normalized spacial score (nSPS) is 19.6. The number of nitrogens with one attached hydrogen (secondary N) is 1. The van der Waals surface area contributed by atoms with Crippen molar-refractivity contribution >= 4 is 28.6 Å². The molecule has 38 heavy (non-hydrogen) atoms. The first-order chi connectivity index (χ1) is 18.5. The highest BCUT2D eigenvalue weighted by atomic mass is 16.5. The van der Waals surface area contributed by atoms with Gasteiger partial charge in [0.05, 0.1) is 55.4 Å². The van der Waals surface area contributed by atoms with Gasteiger partial charge in [-0.1, -0.05) is 0 Å². The molecule has 0 radical (unpaired) electrons. The van der Waals surface area contributed by atoms with Crippen molar-refractivity contribution in [1.29, 1.82) is 0 Å². The van der Waals surface area contributed by atoms with Gasteiger partial charge in [0.15, 0.2) is 11.5 Å². The molecule has 2 atom stereocenters. The number of methoxy groups -OCH3 is 1. The van der Waals surface area contributed by atoms with Crippen LogP contribution in [0.4, 0.5) is 17.6 Å². The minimum Gasteiger partial charge on any atom is -0.496 e. The quantitative estimate of drug-likeness (QED) is 0.378. The summed E-state index contributed by atoms with van der Waals surface area (Å²) < 4.78 is 15.1. The lowest BCUT2D eigenvalue weighted by Crippen LogP contribution is -2.33. The number of aliphatic hydroxyl groups is 1. The number of nitrogens with zero attached hydrogens (tertiary/aromatic N) is 7. The van der Waals surface area contributed by atoms with Gasteiger partial charge < -0.3 is 29.4 Å². The van der Waals surface area contributed by atoms with Crippen molar-refractivity contribution in [3.63, 3.8) is 0 Å². The van der Waals surface area contributed by atoms with Crippen LogP contribution in [0.5, 0.6) is 5.75 Å². The van der Waals surface area contributed by atoms with Crippen LogP contribution in [0.1, 0.15) is 42.1 Å². The maximum Gasteiger partial charge on any atom is 0.232 e. The third-order valence-electron chi connectivity index (χ3n) is 7.76. The Morgan fingerprint density at radius 1 is 1.18 bits per heavy atom. The number of aliphatic hydroxyl groups excluding tert-OH is 1. The van der Waals surface area contributed by atoms with Crippen LogP contribution in [0.15, 0.2) is 24.7 Å². The lowest BCUT2D eigenvalue weighted by molar-refractivity contribution is 0.185. The number of hydrogen-bond donors (Lipinski definition) is 2. The molecule has 200 valence electrons. The fourth-order valence-electron chi connectivity index (χ4n) is 5.54. The first-order valence-corrected chi connectivity index (χ1v) is 13.2. The first kappa shape index (κ1) is 24.6. The van der Waals surface area contributed by atoms with Crippen molar-refractivity contribution in [3.05, 3.63) is 41.5 Å². The maximum absolute atomic E-state index is 10.0. The van der Waals surface area contributed by atoms with E-state index < -0.39 is 0 Å². The zero-order valence-corrected chi connectivity index (χ0v) is 22.3. The molecule has 0 saturated carbocycles. The van der Waals surface area contributed by atoms with Crippen LogP contribution in [-0.2, 0) is 4.74 Å². The average molecular weight is 519 g/mol. The molecular formula is C27H34N8O3. The molecule has 0 amide bonds. The van der Waals surface area contributed by atoms with Gasteiger partial charge in [0.2, 0.25) is 5.95 Å². The Morgan fingerprint density at radius 2 is 2.05 bits per heavy atom. The number of hydrogen-bond acceptors (Lipinski definition) is 9. The number of aromatic nitrogens is 6. The van der Waals surface area contributed by atoms with E-state index in [0.717, 1.165) is 70.9 Å². The molecule has 0 spiro atoms.